The fourth-order valence-electron chi connectivity index (χ4n) is 1.37. The van der Waals surface area contributed by atoms with Crippen LogP contribution in [0.25, 0.3) is 0 Å². The van der Waals surface area contributed by atoms with E-state index in [4.69, 9.17) is 0 Å². The Kier molecular flexibility index (Phi) is 7.78. The van der Waals surface area contributed by atoms with Crippen molar-refractivity contribution in [2.75, 3.05) is 6.61 Å². The highest BCUT2D eigenvalue weighted by atomic mass is 32.2. The number of carbonyl (C=O) groups excluding carboxylic acids is 2. The fraction of sp³-hybridized carbons (Fsp3) is 0.500. The molecule has 0 saturated heterocycles. The maximum absolute atomic E-state index is 13.3. The first-order valence-electron chi connectivity index (χ1n) is 6.48. The van der Waals surface area contributed by atoms with Gasteiger partial charge in [-0.05, 0) is 0 Å². The molecule has 8 nitrogen and oxygen atoms in total. The van der Waals surface area contributed by atoms with Crippen LogP contribution in [-0.2, 0) is 33.9 Å². The third-order valence-corrected chi connectivity index (χ3v) is 3.63. The minimum absolute atomic E-state index is 0.109. The van der Waals surface area contributed by atoms with E-state index < -0.39 is 58.2 Å². The molecule has 0 fully saturated rings. The summed E-state index contributed by atoms with van der Waals surface area (Å²) in [7, 11) is -6.92. The van der Waals surface area contributed by atoms with Gasteiger partial charge in [0.1, 0.15) is 0 Å². The number of ether oxygens (including phenoxy) is 3. The number of halogens is 7. The Labute approximate surface area is 152 Å². The lowest BCUT2D eigenvalue weighted by molar-refractivity contribution is -0.355. The number of hydrogen-bond acceptors (Lipinski definition) is 8. The molecule has 0 aromatic heterocycles. The molecule has 0 heterocycles. The lowest BCUT2D eigenvalue weighted by Crippen LogP contribution is -2.58. The SMILES string of the molecule is C=COC(=O)C(OCCC(F)(F)C(F)(F)S(=O)(=O)[O-])(OC(=O)C=C)C(F)(F)F. The molecule has 0 N–H and O–H groups in total. The largest absolute Gasteiger partial charge is 0.743 e. The van der Waals surface area contributed by atoms with Gasteiger partial charge in [0, 0.05) is 12.5 Å². The van der Waals surface area contributed by atoms with E-state index in [0.29, 0.717) is 0 Å². The van der Waals surface area contributed by atoms with Crippen molar-refractivity contribution >= 4 is 22.1 Å². The van der Waals surface area contributed by atoms with Crippen molar-refractivity contribution in [1.29, 1.82) is 0 Å². The molecule has 1 atom stereocenters. The lowest BCUT2D eigenvalue weighted by Gasteiger charge is -2.33. The summed E-state index contributed by atoms with van der Waals surface area (Å²) < 4.78 is 134. The molecular weight excluding hydrogens is 437 g/mol. The third-order valence-electron chi connectivity index (χ3n) is 2.70. The summed E-state index contributed by atoms with van der Waals surface area (Å²) in [5.41, 5.74) is 0. The Balaban J connectivity index is 5.86. The van der Waals surface area contributed by atoms with Crippen LogP contribution in [0.15, 0.2) is 25.5 Å². The van der Waals surface area contributed by atoms with Crippen molar-refractivity contribution < 1.29 is 67.5 Å². The van der Waals surface area contributed by atoms with Crippen molar-refractivity contribution in [1.82, 2.24) is 0 Å². The second kappa shape index (κ2) is 8.44. The van der Waals surface area contributed by atoms with Gasteiger partial charge in [0.25, 0.3) is 0 Å². The number of hydrogen-bond donors (Lipinski definition) is 0. The number of alkyl halides is 7. The van der Waals surface area contributed by atoms with Crippen molar-refractivity contribution in [3.8, 4) is 0 Å². The van der Waals surface area contributed by atoms with Gasteiger partial charge in [-0.1, -0.05) is 13.2 Å². The van der Waals surface area contributed by atoms with E-state index in [1.54, 1.807) is 0 Å². The van der Waals surface area contributed by atoms with Gasteiger partial charge in [-0.15, -0.1) is 0 Å². The first-order chi connectivity index (χ1) is 12.4. The van der Waals surface area contributed by atoms with Gasteiger partial charge < -0.3 is 18.8 Å². The summed E-state index contributed by atoms with van der Waals surface area (Å²) in [4.78, 5) is 22.6. The fourth-order valence-corrected chi connectivity index (χ4v) is 1.84. The van der Waals surface area contributed by atoms with Gasteiger partial charge in [0.2, 0.25) is 0 Å². The minimum Gasteiger partial charge on any atom is -0.743 e. The third kappa shape index (κ3) is 5.20. The molecule has 162 valence electrons. The average molecular weight is 447 g/mol. The Hall–Kier alpha value is -2.20. The van der Waals surface area contributed by atoms with Crippen molar-refractivity contribution in [2.45, 2.75) is 29.6 Å². The highest BCUT2D eigenvalue weighted by Crippen LogP contribution is 2.42. The monoisotopic (exact) mass is 447 g/mol. The molecule has 0 spiro atoms. The summed E-state index contributed by atoms with van der Waals surface area (Å²) in [6.45, 7) is 3.30. The van der Waals surface area contributed by atoms with E-state index in [0.717, 1.165) is 0 Å². The van der Waals surface area contributed by atoms with E-state index in [1.165, 1.54) is 0 Å². The summed E-state index contributed by atoms with van der Waals surface area (Å²) in [6, 6.07) is 0. The highest BCUT2D eigenvalue weighted by molar-refractivity contribution is 7.86. The van der Waals surface area contributed by atoms with Gasteiger partial charge in [0.15, 0.2) is 10.1 Å². The second-order valence-corrected chi connectivity index (χ2v) is 6.01. The molecule has 0 radical (unpaired) electrons. The zero-order valence-corrected chi connectivity index (χ0v) is 14.1. The van der Waals surface area contributed by atoms with E-state index >= 15 is 0 Å². The molecule has 0 saturated carbocycles. The Bertz CT molecular complexity index is 731. The van der Waals surface area contributed by atoms with Crippen molar-refractivity contribution in [3.63, 3.8) is 0 Å². The number of esters is 2. The predicted molar refractivity (Wildman–Crippen MR) is 71.5 cm³/mol. The van der Waals surface area contributed by atoms with Crippen molar-refractivity contribution in [3.05, 3.63) is 25.5 Å². The van der Waals surface area contributed by atoms with Gasteiger partial charge in [-0.2, -0.15) is 30.7 Å². The number of carbonyl (C=O) groups is 2. The van der Waals surface area contributed by atoms with E-state index in [2.05, 4.69) is 27.4 Å². The minimum atomic E-state index is -6.92. The van der Waals surface area contributed by atoms with Crippen LogP contribution in [-0.4, -0.2) is 54.7 Å². The molecule has 0 bridgehead atoms. The summed E-state index contributed by atoms with van der Waals surface area (Å²) in [5.74, 6) is -14.9. The average Bonchev–Trinajstić information content (AvgIpc) is 2.51. The normalized spacial score (nSPS) is 15.3. The molecule has 16 heteroatoms. The second-order valence-electron chi connectivity index (χ2n) is 4.59. The van der Waals surface area contributed by atoms with E-state index in [1.807, 2.05) is 0 Å². The van der Waals surface area contributed by atoms with Gasteiger partial charge in [-0.3, -0.25) is 0 Å². The Morgan fingerprint density at radius 3 is 1.89 bits per heavy atom. The smallest absolute Gasteiger partial charge is 0.468 e. The predicted octanol–water partition coefficient (Wildman–Crippen LogP) is 1.84. The molecule has 0 rings (SSSR count). The Morgan fingerprint density at radius 1 is 1.04 bits per heavy atom. The molecule has 0 aromatic rings. The van der Waals surface area contributed by atoms with Crippen LogP contribution in [0.1, 0.15) is 6.42 Å². The van der Waals surface area contributed by atoms with Gasteiger partial charge in [0.05, 0.1) is 12.9 Å². The maximum atomic E-state index is 13.3. The van der Waals surface area contributed by atoms with Gasteiger partial charge in [-0.25, -0.2) is 18.0 Å². The molecule has 0 amide bonds. The van der Waals surface area contributed by atoms with Crippen LogP contribution in [0.2, 0.25) is 0 Å². The van der Waals surface area contributed by atoms with Crippen LogP contribution in [0.3, 0.4) is 0 Å². The topological polar surface area (TPSA) is 119 Å². The molecule has 1 unspecified atom stereocenters. The summed E-state index contributed by atoms with van der Waals surface area (Å²) >= 11 is 0. The summed E-state index contributed by atoms with van der Waals surface area (Å²) in [5, 5.41) is -6.22. The lowest BCUT2D eigenvalue weighted by atomic mass is 10.2. The zero-order valence-electron chi connectivity index (χ0n) is 13.3. The molecule has 0 aliphatic carbocycles. The van der Waals surface area contributed by atoms with Crippen LogP contribution in [0.4, 0.5) is 30.7 Å². The highest BCUT2D eigenvalue weighted by Gasteiger charge is 2.68. The van der Waals surface area contributed by atoms with Gasteiger partial charge >= 0.3 is 35.1 Å². The van der Waals surface area contributed by atoms with Crippen LogP contribution in [0, 0.1) is 0 Å². The van der Waals surface area contributed by atoms with Crippen molar-refractivity contribution in [2.24, 2.45) is 0 Å². The molecule has 0 aliphatic heterocycles. The standard InChI is InChI=1S/C12H11F7O8S/c1-3-7(20)27-10(11(15,16)17,8(21)25-4-2)26-6-5-9(13,14)12(18,19)28(22,23)24/h3-4H,1-2,5-6H2,(H,22,23,24)/p-1. The molecular formula is C12H10F7O8S-. The molecule has 0 aliphatic rings. The molecule has 0 aromatic carbocycles. The van der Waals surface area contributed by atoms with Crippen LogP contribution < -0.4 is 0 Å². The zero-order chi connectivity index (χ0) is 22.6. The molecule has 28 heavy (non-hydrogen) atoms. The van der Waals surface area contributed by atoms with E-state index in [-0.39, 0.29) is 12.3 Å². The number of rotatable bonds is 10. The Morgan fingerprint density at radius 2 is 1.54 bits per heavy atom. The van der Waals surface area contributed by atoms with Crippen LogP contribution >= 0.6 is 0 Å². The first-order valence-corrected chi connectivity index (χ1v) is 7.89. The maximum Gasteiger partial charge on any atom is 0.468 e. The van der Waals surface area contributed by atoms with Crippen LogP contribution in [0.5, 0.6) is 0 Å². The first kappa shape index (κ1) is 25.8. The van der Waals surface area contributed by atoms with E-state index in [9.17, 15) is 53.3 Å². The quantitative estimate of drug-likeness (QED) is 0.124. The summed E-state index contributed by atoms with van der Waals surface area (Å²) in [6.07, 6.45) is -8.28.